The summed E-state index contributed by atoms with van der Waals surface area (Å²) < 4.78 is 39.9. The molecular weight excluding hydrogens is 444 g/mol. The van der Waals surface area contributed by atoms with Gasteiger partial charge in [-0.2, -0.15) is 0 Å². The van der Waals surface area contributed by atoms with E-state index in [2.05, 4.69) is 22.2 Å². The number of carbonyl (C=O) groups excluding carboxylic acids is 1. The van der Waals surface area contributed by atoms with E-state index in [4.69, 9.17) is 14.5 Å². The molecule has 3 aromatic rings. The third-order valence-corrected chi connectivity index (χ3v) is 7.29. The fourth-order valence-electron chi connectivity index (χ4n) is 5.13. The Bertz CT molecular complexity index is 1260. The monoisotopic (exact) mass is 469 g/mol. The Morgan fingerprint density at radius 2 is 2.09 bits per heavy atom. The van der Waals surface area contributed by atoms with E-state index in [0.717, 1.165) is 44.2 Å². The molecule has 0 unspecified atom stereocenters. The molecule has 4 heterocycles. The van der Waals surface area contributed by atoms with Gasteiger partial charge in [0, 0.05) is 17.8 Å². The van der Waals surface area contributed by atoms with Crippen LogP contribution in [0.25, 0.3) is 5.65 Å². The molecule has 2 saturated carbocycles. The number of amides is 1. The molecule has 1 N–H and O–H groups in total. The summed E-state index contributed by atoms with van der Waals surface area (Å²) >= 11 is 0. The molecule has 0 aromatic carbocycles. The molecule has 3 aromatic heterocycles. The molecule has 34 heavy (non-hydrogen) atoms. The van der Waals surface area contributed by atoms with Gasteiger partial charge < -0.3 is 14.8 Å². The van der Waals surface area contributed by atoms with Crippen molar-refractivity contribution >= 4 is 17.4 Å². The quantitative estimate of drug-likeness (QED) is 0.573. The molecular formula is C24H25F2N5O3. The van der Waals surface area contributed by atoms with Gasteiger partial charge in [0.15, 0.2) is 0 Å². The van der Waals surface area contributed by atoms with Gasteiger partial charge in [0.2, 0.25) is 5.65 Å². The number of nitrogens with one attached hydrogen (secondary N) is 1. The molecule has 0 radical (unpaired) electrons. The van der Waals surface area contributed by atoms with Crippen LogP contribution in [0.5, 0.6) is 5.88 Å². The predicted octanol–water partition coefficient (Wildman–Crippen LogP) is 4.46. The molecule has 1 aliphatic heterocycles. The van der Waals surface area contributed by atoms with Crippen molar-refractivity contribution in [2.45, 2.75) is 69.0 Å². The van der Waals surface area contributed by atoms with E-state index >= 15 is 0 Å². The molecule has 3 aliphatic rings. The minimum absolute atomic E-state index is 0.0321. The Balaban J connectivity index is 1.35. The van der Waals surface area contributed by atoms with Crippen molar-refractivity contribution < 1.29 is 23.0 Å². The van der Waals surface area contributed by atoms with Crippen LogP contribution in [0, 0.1) is 0 Å². The lowest BCUT2D eigenvalue weighted by molar-refractivity contribution is -0.00627. The maximum absolute atomic E-state index is 13.0. The first kappa shape index (κ1) is 21.4. The Hall–Kier alpha value is -3.14. The summed E-state index contributed by atoms with van der Waals surface area (Å²) in [6, 6.07) is 4.09. The van der Waals surface area contributed by atoms with Crippen LogP contribution in [0.15, 0.2) is 30.6 Å². The standard InChI is InChI=1S/C24H25F2N5O3/c1-23-8-9-24(12-23,13-33-23)17-11-31-10-16(28-22(20(31)29-17)34-14-4-2-5-14)21(32)30-18-7-3-6-15(27-18)19(25)26/h3,6-7,10-11,14,19H,2,4-5,8-9,12-13H2,1H3,(H,27,30,32)/t23-,24-/m1/s1. The highest BCUT2D eigenvalue weighted by Gasteiger charge is 2.55. The fourth-order valence-corrected chi connectivity index (χ4v) is 5.13. The molecule has 6 rings (SSSR count). The third-order valence-electron chi connectivity index (χ3n) is 7.29. The number of imidazole rings is 1. The van der Waals surface area contributed by atoms with Gasteiger partial charge >= 0.3 is 0 Å². The normalized spacial score (nSPS) is 26.2. The Morgan fingerprint density at radius 3 is 2.74 bits per heavy atom. The Kier molecular flexibility index (Phi) is 4.84. The minimum atomic E-state index is -2.73. The minimum Gasteiger partial charge on any atom is -0.472 e. The third kappa shape index (κ3) is 3.60. The zero-order chi connectivity index (χ0) is 23.5. The smallest absolute Gasteiger partial charge is 0.280 e. The molecule has 10 heteroatoms. The molecule has 1 amide bonds. The van der Waals surface area contributed by atoms with Crippen molar-refractivity contribution in [3.05, 3.63) is 47.7 Å². The lowest BCUT2D eigenvalue weighted by Crippen LogP contribution is -2.27. The van der Waals surface area contributed by atoms with E-state index < -0.39 is 18.0 Å². The fraction of sp³-hybridized carbons (Fsp3) is 0.500. The maximum atomic E-state index is 13.0. The van der Waals surface area contributed by atoms with Crippen LogP contribution in [-0.4, -0.2) is 43.6 Å². The molecule has 2 bridgehead atoms. The van der Waals surface area contributed by atoms with Gasteiger partial charge in [-0.1, -0.05) is 6.07 Å². The second kappa shape index (κ2) is 7.69. The van der Waals surface area contributed by atoms with E-state index in [-0.39, 0.29) is 28.6 Å². The van der Waals surface area contributed by atoms with Crippen molar-refractivity contribution in [1.29, 1.82) is 0 Å². The van der Waals surface area contributed by atoms with Gasteiger partial charge in [-0.25, -0.2) is 23.7 Å². The summed E-state index contributed by atoms with van der Waals surface area (Å²) in [6.45, 7) is 2.77. The summed E-state index contributed by atoms with van der Waals surface area (Å²) in [5, 5.41) is 2.56. The van der Waals surface area contributed by atoms with E-state index in [9.17, 15) is 13.6 Å². The number of carbonyl (C=O) groups is 1. The first-order valence-electron chi connectivity index (χ1n) is 11.6. The number of halogens is 2. The van der Waals surface area contributed by atoms with E-state index in [1.165, 1.54) is 18.2 Å². The highest BCUT2D eigenvalue weighted by molar-refractivity contribution is 6.02. The summed E-state index contributed by atoms with van der Waals surface area (Å²) in [4.78, 5) is 26.1. The van der Waals surface area contributed by atoms with Crippen molar-refractivity contribution in [1.82, 2.24) is 19.4 Å². The number of pyridine rings is 1. The van der Waals surface area contributed by atoms with Crippen LogP contribution in [0.3, 0.4) is 0 Å². The van der Waals surface area contributed by atoms with Crippen molar-refractivity contribution in [2.24, 2.45) is 0 Å². The van der Waals surface area contributed by atoms with E-state index in [1.807, 2.05) is 6.20 Å². The highest BCUT2D eigenvalue weighted by Crippen LogP contribution is 2.53. The molecule has 8 nitrogen and oxygen atoms in total. The number of fused-ring (bicyclic) bond motifs is 3. The number of anilines is 1. The number of ether oxygens (including phenoxy) is 2. The Morgan fingerprint density at radius 1 is 1.24 bits per heavy atom. The molecule has 1 saturated heterocycles. The molecule has 0 spiro atoms. The van der Waals surface area contributed by atoms with Gasteiger partial charge in [0.05, 0.1) is 17.9 Å². The summed E-state index contributed by atoms with van der Waals surface area (Å²) in [7, 11) is 0. The number of hydrogen-bond acceptors (Lipinski definition) is 6. The van der Waals surface area contributed by atoms with Gasteiger partial charge in [-0.3, -0.25) is 9.20 Å². The van der Waals surface area contributed by atoms with Crippen LogP contribution in [-0.2, 0) is 10.2 Å². The zero-order valence-corrected chi connectivity index (χ0v) is 18.8. The van der Waals surface area contributed by atoms with Crippen molar-refractivity contribution in [3.63, 3.8) is 0 Å². The summed E-state index contributed by atoms with van der Waals surface area (Å²) in [5.74, 6) is -0.232. The van der Waals surface area contributed by atoms with E-state index in [0.29, 0.717) is 18.1 Å². The lowest BCUT2D eigenvalue weighted by Gasteiger charge is -2.26. The number of hydrogen-bond donors (Lipinski definition) is 1. The molecule has 178 valence electrons. The van der Waals surface area contributed by atoms with Gasteiger partial charge in [-0.05, 0) is 57.6 Å². The van der Waals surface area contributed by atoms with Crippen LogP contribution in [0.4, 0.5) is 14.6 Å². The summed E-state index contributed by atoms with van der Waals surface area (Å²) in [6.07, 6.45) is 6.68. The van der Waals surface area contributed by atoms with Gasteiger partial charge in [-0.15, -0.1) is 0 Å². The first-order chi connectivity index (χ1) is 16.3. The second-order valence-corrected chi connectivity index (χ2v) is 9.86. The summed E-state index contributed by atoms with van der Waals surface area (Å²) in [5.41, 5.74) is 0.909. The zero-order valence-electron chi connectivity index (χ0n) is 18.8. The van der Waals surface area contributed by atoms with E-state index in [1.54, 1.807) is 10.6 Å². The highest BCUT2D eigenvalue weighted by atomic mass is 19.3. The topological polar surface area (TPSA) is 90.6 Å². The van der Waals surface area contributed by atoms with Crippen LogP contribution < -0.4 is 10.1 Å². The second-order valence-electron chi connectivity index (χ2n) is 9.86. The van der Waals surface area contributed by atoms with Gasteiger partial charge in [0.1, 0.15) is 23.3 Å². The van der Waals surface area contributed by atoms with Crippen LogP contribution in [0.1, 0.15) is 73.8 Å². The van der Waals surface area contributed by atoms with Crippen molar-refractivity contribution in [3.8, 4) is 5.88 Å². The first-order valence-corrected chi connectivity index (χ1v) is 11.6. The van der Waals surface area contributed by atoms with Gasteiger partial charge in [0.25, 0.3) is 18.2 Å². The number of rotatable bonds is 6. The molecule has 3 fully saturated rings. The SMILES string of the molecule is C[C@]12CC[C@](c3cn4cc(C(=O)Nc5cccc(C(F)F)n5)nc(OC5CCC5)c4n3)(CO1)C2. The molecule has 2 atom stereocenters. The number of nitrogens with zero attached hydrogens (tertiary/aromatic N) is 4. The average molecular weight is 469 g/mol. The average Bonchev–Trinajstić information content (AvgIpc) is 3.47. The van der Waals surface area contributed by atoms with Crippen molar-refractivity contribution in [2.75, 3.05) is 11.9 Å². The maximum Gasteiger partial charge on any atom is 0.280 e. The Labute approximate surface area is 194 Å². The predicted molar refractivity (Wildman–Crippen MR) is 118 cm³/mol. The molecule has 2 aliphatic carbocycles. The van der Waals surface area contributed by atoms with Crippen LogP contribution in [0.2, 0.25) is 0 Å². The largest absolute Gasteiger partial charge is 0.472 e. The number of aromatic nitrogens is 4. The number of alkyl halides is 2. The van der Waals surface area contributed by atoms with Crippen LogP contribution >= 0.6 is 0 Å². The lowest BCUT2D eigenvalue weighted by atomic mass is 9.84.